The number of hydrogen-bond acceptors (Lipinski definition) is 3. The molecule has 0 aliphatic rings. The van der Waals surface area contributed by atoms with Gasteiger partial charge in [0.1, 0.15) is 5.75 Å². The van der Waals surface area contributed by atoms with E-state index in [-0.39, 0.29) is 18.2 Å². The molecule has 6 heteroatoms. The van der Waals surface area contributed by atoms with Crippen LogP contribution in [-0.4, -0.2) is 32.0 Å². The number of nitrogens with one attached hydrogen (secondary N) is 2. The lowest BCUT2D eigenvalue weighted by atomic mass is 10.2. The van der Waals surface area contributed by atoms with Crippen LogP contribution in [0.4, 0.5) is 0 Å². The van der Waals surface area contributed by atoms with Crippen molar-refractivity contribution in [3.05, 3.63) is 28.2 Å². The van der Waals surface area contributed by atoms with Crippen LogP contribution < -0.4 is 15.4 Å². The number of benzene rings is 1. The standard InChI is InChI=1S/C13H17BrN2O3/c1-3-15-12(17)6-7-16-13(18)10-5-4-9(14)8-11(10)19-2/h4-5,8H,3,6-7H2,1-2H3,(H,15,17)(H,16,18). The Balaban J connectivity index is 2.56. The van der Waals surface area contributed by atoms with Gasteiger partial charge in [0.25, 0.3) is 5.91 Å². The normalized spacial score (nSPS) is 9.84. The van der Waals surface area contributed by atoms with Crippen molar-refractivity contribution in [2.75, 3.05) is 20.2 Å². The summed E-state index contributed by atoms with van der Waals surface area (Å²) in [7, 11) is 1.51. The van der Waals surface area contributed by atoms with Gasteiger partial charge in [-0.2, -0.15) is 0 Å². The zero-order valence-electron chi connectivity index (χ0n) is 11.0. The molecule has 1 rings (SSSR count). The minimum absolute atomic E-state index is 0.0782. The molecule has 0 aliphatic heterocycles. The zero-order chi connectivity index (χ0) is 14.3. The van der Waals surface area contributed by atoms with E-state index < -0.39 is 0 Å². The third kappa shape index (κ3) is 4.90. The molecule has 104 valence electrons. The lowest BCUT2D eigenvalue weighted by Crippen LogP contribution is -2.30. The molecule has 0 aliphatic carbocycles. The summed E-state index contributed by atoms with van der Waals surface area (Å²) < 4.78 is 5.98. The average molecular weight is 329 g/mol. The number of methoxy groups -OCH3 is 1. The van der Waals surface area contributed by atoms with E-state index >= 15 is 0 Å². The first kappa shape index (κ1) is 15.5. The molecule has 0 aromatic heterocycles. The maximum atomic E-state index is 11.9. The Morgan fingerprint density at radius 2 is 2.05 bits per heavy atom. The molecule has 1 aromatic rings. The van der Waals surface area contributed by atoms with Crippen LogP contribution in [0.15, 0.2) is 22.7 Å². The van der Waals surface area contributed by atoms with Gasteiger partial charge in [-0.3, -0.25) is 9.59 Å². The summed E-state index contributed by atoms with van der Waals surface area (Å²) in [4.78, 5) is 23.2. The van der Waals surface area contributed by atoms with Crippen LogP contribution in [0.2, 0.25) is 0 Å². The molecular formula is C13H17BrN2O3. The first-order valence-electron chi connectivity index (χ1n) is 5.97. The van der Waals surface area contributed by atoms with E-state index in [1.807, 2.05) is 6.92 Å². The van der Waals surface area contributed by atoms with Gasteiger partial charge in [0, 0.05) is 24.0 Å². The van der Waals surface area contributed by atoms with Gasteiger partial charge >= 0.3 is 0 Å². The second-order valence-corrected chi connectivity index (χ2v) is 4.72. The highest BCUT2D eigenvalue weighted by molar-refractivity contribution is 9.10. The summed E-state index contributed by atoms with van der Waals surface area (Å²) in [6.45, 7) is 2.74. The number of rotatable bonds is 6. The third-order valence-electron chi connectivity index (χ3n) is 2.42. The van der Waals surface area contributed by atoms with Gasteiger partial charge in [0.2, 0.25) is 5.91 Å². The van der Waals surface area contributed by atoms with Crippen LogP contribution in [0.5, 0.6) is 5.75 Å². The topological polar surface area (TPSA) is 67.4 Å². The van der Waals surface area contributed by atoms with E-state index in [0.717, 1.165) is 4.47 Å². The minimum Gasteiger partial charge on any atom is -0.496 e. The number of carbonyl (C=O) groups excluding carboxylic acids is 2. The fraction of sp³-hybridized carbons (Fsp3) is 0.385. The molecule has 0 atom stereocenters. The average Bonchev–Trinajstić information content (AvgIpc) is 2.38. The predicted octanol–water partition coefficient (Wildman–Crippen LogP) is 1.71. The first-order chi connectivity index (χ1) is 9.08. The summed E-state index contributed by atoms with van der Waals surface area (Å²) in [5.74, 6) is 0.157. The summed E-state index contributed by atoms with van der Waals surface area (Å²) in [6, 6.07) is 5.16. The molecule has 0 spiro atoms. The lowest BCUT2D eigenvalue weighted by Gasteiger charge is -2.09. The molecule has 0 bridgehead atoms. The second-order valence-electron chi connectivity index (χ2n) is 3.80. The summed E-state index contributed by atoms with van der Waals surface area (Å²) >= 11 is 3.31. The van der Waals surface area contributed by atoms with Gasteiger partial charge in [0.15, 0.2) is 0 Å². The fourth-order valence-corrected chi connectivity index (χ4v) is 1.86. The van der Waals surface area contributed by atoms with Crippen molar-refractivity contribution in [1.29, 1.82) is 0 Å². The molecule has 2 amide bonds. The molecule has 0 saturated heterocycles. The zero-order valence-corrected chi connectivity index (χ0v) is 12.5. The van der Waals surface area contributed by atoms with Crippen molar-refractivity contribution in [2.45, 2.75) is 13.3 Å². The van der Waals surface area contributed by atoms with E-state index in [0.29, 0.717) is 24.4 Å². The number of carbonyl (C=O) groups is 2. The van der Waals surface area contributed by atoms with Crippen molar-refractivity contribution in [3.63, 3.8) is 0 Å². The molecule has 0 unspecified atom stereocenters. The minimum atomic E-state index is -0.256. The van der Waals surface area contributed by atoms with E-state index in [2.05, 4.69) is 26.6 Å². The van der Waals surface area contributed by atoms with E-state index in [9.17, 15) is 9.59 Å². The van der Waals surface area contributed by atoms with Crippen molar-refractivity contribution in [1.82, 2.24) is 10.6 Å². The Morgan fingerprint density at radius 1 is 1.32 bits per heavy atom. The first-order valence-corrected chi connectivity index (χ1v) is 6.76. The highest BCUT2D eigenvalue weighted by Crippen LogP contribution is 2.23. The summed E-state index contributed by atoms with van der Waals surface area (Å²) in [5, 5.41) is 5.36. The SMILES string of the molecule is CCNC(=O)CCNC(=O)c1ccc(Br)cc1OC. The highest BCUT2D eigenvalue weighted by Gasteiger charge is 2.12. The number of halogens is 1. The largest absolute Gasteiger partial charge is 0.496 e. The summed E-state index contributed by atoms with van der Waals surface area (Å²) in [5.41, 5.74) is 0.446. The van der Waals surface area contributed by atoms with Gasteiger partial charge in [-0.1, -0.05) is 15.9 Å². The van der Waals surface area contributed by atoms with Gasteiger partial charge in [-0.05, 0) is 25.1 Å². The quantitative estimate of drug-likeness (QED) is 0.835. The Labute approximate surface area is 120 Å². The molecule has 2 N–H and O–H groups in total. The molecule has 0 saturated carbocycles. The van der Waals surface area contributed by atoms with Crippen LogP contribution in [0.3, 0.4) is 0 Å². The summed E-state index contributed by atoms with van der Waals surface area (Å²) in [6.07, 6.45) is 0.262. The van der Waals surface area contributed by atoms with Crippen LogP contribution in [0.25, 0.3) is 0 Å². The van der Waals surface area contributed by atoms with Crippen LogP contribution >= 0.6 is 15.9 Å². The lowest BCUT2D eigenvalue weighted by molar-refractivity contribution is -0.120. The Morgan fingerprint density at radius 3 is 2.68 bits per heavy atom. The van der Waals surface area contributed by atoms with Crippen LogP contribution in [-0.2, 0) is 4.79 Å². The molecule has 0 fully saturated rings. The van der Waals surface area contributed by atoms with Gasteiger partial charge in [-0.15, -0.1) is 0 Å². The van der Waals surface area contributed by atoms with Crippen molar-refractivity contribution >= 4 is 27.7 Å². The van der Waals surface area contributed by atoms with Gasteiger partial charge in [0.05, 0.1) is 12.7 Å². The predicted molar refractivity (Wildman–Crippen MR) is 76.3 cm³/mol. The molecule has 1 aromatic carbocycles. The van der Waals surface area contributed by atoms with E-state index in [4.69, 9.17) is 4.74 Å². The monoisotopic (exact) mass is 328 g/mol. The van der Waals surface area contributed by atoms with Gasteiger partial charge < -0.3 is 15.4 Å². The van der Waals surface area contributed by atoms with Crippen molar-refractivity contribution in [2.24, 2.45) is 0 Å². The molecule has 5 nitrogen and oxygen atoms in total. The van der Waals surface area contributed by atoms with Crippen molar-refractivity contribution in [3.8, 4) is 5.75 Å². The number of hydrogen-bond donors (Lipinski definition) is 2. The van der Waals surface area contributed by atoms with Crippen molar-refractivity contribution < 1.29 is 14.3 Å². The van der Waals surface area contributed by atoms with Crippen LogP contribution in [0.1, 0.15) is 23.7 Å². The molecular weight excluding hydrogens is 312 g/mol. The second kappa shape index (κ2) is 7.78. The Bertz CT molecular complexity index is 463. The highest BCUT2D eigenvalue weighted by atomic mass is 79.9. The molecule has 19 heavy (non-hydrogen) atoms. The van der Waals surface area contributed by atoms with E-state index in [1.165, 1.54) is 7.11 Å². The molecule has 0 heterocycles. The Hall–Kier alpha value is -1.56. The Kier molecular flexibility index (Phi) is 6.35. The smallest absolute Gasteiger partial charge is 0.255 e. The number of ether oxygens (including phenoxy) is 1. The third-order valence-corrected chi connectivity index (χ3v) is 2.91. The maximum absolute atomic E-state index is 11.9. The fourth-order valence-electron chi connectivity index (χ4n) is 1.52. The van der Waals surface area contributed by atoms with Gasteiger partial charge in [-0.25, -0.2) is 0 Å². The van der Waals surface area contributed by atoms with Crippen LogP contribution in [0, 0.1) is 0 Å². The van der Waals surface area contributed by atoms with E-state index in [1.54, 1.807) is 18.2 Å². The molecule has 0 radical (unpaired) electrons. The number of amides is 2. The maximum Gasteiger partial charge on any atom is 0.255 e.